The highest BCUT2D eigenvalue weighted by Gasteiger charge is 2.15. The van der Waals surface area contributed by atoms with E-state index in [0.717, 1.165) is 30.6 Å². The van der Waals surface area contributed by atoms with Crippen LogP contribution in [0.15, 0.2) is 83.5 Å². The van der Waals surface area contributed by atoms with Crippen LogP contribution in [0.1, 0.15) is 29.3 Å². The molecule has 3 rings (SSSR count). The Bertz CT molecular complexity index is 1070. The fourth-order valence-electron chi connectivity index (χ4n) is 4.06. The number of nitrogens with zero attached hydrogens (tertiary/aromatic N) is 1. The maximum absolute atomic E-state index is 12.1. The standard InChI is InChI=1S/C29H38N4O2S/c1-3-33(18-17-30-29(35)16-15-24-11-8-7-10-23(24)2)28(21-31-25-12-5-4-6-13-25)27(22-34)32-20-26-14-9-19-36-26/h4-14,19,22,29-32,35H,3,15-18,20-21H2,1-2H3/b28-27-. The number of hydrogen-bond acceptors (Lipinski definition) is 7. The van der Waals surface area contributed by atoms with Crippen LogP contribution < -0.4 is 16.0 Å². The Labute approximate surface area is 219 Å². The topological polar surface area (TPSA) is 76.6 Å². The molecule has 0 aliphatic rings. The largest absolute Gasteiger partial charge is 0.379 e. The van der Waals surface area contributed by atoms with Crippen LogP contribution in [-0.2, 0) is 17.8 Å². The van der Waals surface area contributed by atoms with E-state index in [1.807, 2.05) is 53.9 Å². The maximum atomic E-state index is 12.1. The van der Waals surface area contributed by atoms with Crippen LogP contribution in [0.2, 0.25) is 0 Å². The smallest absolute Gasteiger partial charge is 0.167 e. The Hall–Kier alpha value is -3.13. The third-order valence-corrected chi connectivity index (χ3v) is 7.05. The number of allylic oxidation sites excluding steroid dienone is 1. The lowest BCUT2D eigenvalue weighted by molar-refractivity contribution is -0.105. The van der Waals surface area contributed by atoms with Gasteiger partial charge in [-0.15, -0.1) is 11.3 Å². The Morgan fingerprint density at radius 1 is 1.08 bits per heavy atom. The molecule has 1 aromatic heterocycles. The normalized spacial score (nSPS) is 12.5. The summed E-state index contributed by atoms with van der Waals surface area (Å²) in [4.78, 5) is 15.5. The van der Waals surface area contributed by atoms with Crippen molar-refractivity contribution >= 4 is 23.3 Å². The average Bonchev–Trinajstić information content (AvgIpc) is 3.43. The van der Waals surface area contributed by atoms with Gasteiger partial charge < -0.3 is 20.6 Å². The second-order valence-corrected chi connectivity index (χ2v) is 9.68. The van der Waals surface area contributed by atoms with Gasteiger partial charge in [-0.3, -0.25) is 10.1 Å². The summed E-state index contributed by atoms with van der Waals surface area (Å²) in [6.45, 7) is 7.32. The molecule has 0 aliphatic carbocycles. The monoisotopic (exact) mass is 506 g/mol. The number of aliphatic hydroxyl groups excluding tert-OH is 1. The fraction of sp³-hybridized carbons (Fsp3) is 0.345. The Kier molecular flexibility index (Phi) is 11.5. The van der Waals surface area contributed by atoms with Gasteiger partial charge in [0.2, 0.25) is 0 Å². The van der Waals surface area contributed by atoms with Crippen molar-refractivity contribution in [3.05, 3.63) is 99.5 Å². The summed E-state index contributed by atoms with van der Waals surface area (Å²) in [5.41, 5.74) is 4.99. The number of para-hydroxylation sites is 1. The zero-order valence-corrected chi connectivity index (χ0v) is 22.1. The number of anilines is 1. The molecule has 192 valence electrons. The van der Waals surface area contributed by atoms with Crippen LogP contribution in [0.5, 0.6) is 0 Å². The van der Waals surface area contributed by atoms with Crippen molar-refractivity contribution in [2.24, 2.45) is 0 Å². The molecule has 1 heterocycles. The van der Waals surface area contributed by atoms with Gasteiger partial charge in [0.15, 0.2) is 6.29 Å². The summed E-state index contributed by atoms with van der Waals surface area (Å²) < 4.78 is 0. The van der Waals surface area contributed by atoms with Gasteiger partial charge in [0.25, 0.3) is 0 Å². The van der Waals surface area contributed by atoms with E-state index in [2.05, 4.69) is 52.9 Å². The molecule has 0 spiro atoms. The van der Waals surface area contributed by atoms with E-state index >= 15 is 0 Å². The summed E-state index contributed by atoms with van der Waals surface area (Å²) in [5, 5.41) is 22.6. The van der Waals surface area contributed by atoms with Crippen molar-refractivity contribution in [1.29, 1.82) is 0 Å². The minimum atomic E-state index is -0.583. The molecule has 0 radical (unpaired) electrons. The summed E-state index contributed by atoms with van der Waals surface area (Å²) in [5.74, 6) is 0. The van der Waals surface area contributed by atoms with E-state index in [-0.39, 0.29) is 0 Å². The van der Waals surface area contributed by atoms with Gasteiger partial charge in [-0.25, -0.2) is 0 Å². The molecule has 0 fully saturated rings. The summed E-state index contributed by atoms with van der Waals surface area (Å²) >= 11 is 1.66. The SMILES string of the molecule is CCN(CCNC(O)CCc1ccccc1C)/C(CNc1ccccc1)=C(/C=O)NCc1cccs1. The second-order valence-electron chi connectivity index (χ2n) is 8.65. The van der Waals surface area contributed by atoms with Crippen LogP contribution >= 0.6 is 11.3 Å². The summed E-state index contributed by atoms with van der Waals surface area (Å²) in [7, 11) is 0. The van der Waals surface area contributed by atoms with Crippen LogP contribution in [-0.4, -0.2) is 48.7 Å². The van der Waals surface area contributed by atoms with Crippen molar-refractivity contribution in [3.63, 3.8) is 0 Å². The zero-order chi connectivity index (χ0) is 25.6. The van der Waals surface area contributed by atoms with Gasteiger partial charge in [0, 0.05) is 36.7 Å². The first-order chi connectivity index (χ1) is 17.6. The number of carbonyl (C=O) groups is 1. The lowest BCUT2D eigenvalue weighted by atomic mass is 10.0. The number of hydrogen-bond donors (Lipinski definition) is 4. The Balaban J connectivity index is 1.62. The second kappa shape index (κ2) is 15.1. The number of likely N-dealkylation sites (N-methyl/N-ethyl adjacent to an activating group) is 1. The van der Waals surface area contributed by atoms with Gasteiger partial charge in [0.05, 0.1) is 17.9 Å². The lowest BCUT2D eigenvalue weighted by Gasteiger charge is -2.29. The number of rotatable bonds is 16. The number of benzene rings is 2. The molecule has 3 aromatic rings. The molecule has 0 amide bonds. The maximum Gasteiger partial charge on any atom is 0.167 e. The molecule has 2 aromatic carbocycles. The van der Waals surface area contributed by atoms with Gasteiger partial charge in [-0.2, -0.15) is 0 Å². The van der Waals surface area contributed by atoms with E-state index in [9.17, 15) is 9.90 Å². The minimum Gasteiger partial charge on any atom is -0.379 e. The van der Waals surface area contributed by atoms with Crippen molar-refractivity contribution in [2.45, 2.75) is 39.5 Å². The van der Waals surface area contributed by atoms with Gasteiger partial charge in [-0.05, 0) is 61.4 Å². The van der Waals surface area contributed by atoms with Crippen LogP contribution in [0.3, 0.4) is 0 Å². The Morgan fingerprint density at radius 3 is 2.56 bits per heavy atom. The zero-order valence-electron chi connectivity index (χ0n) is 21.2. The first-order valence-electron chi connectivity index (χ1n) is 12.5. The van der Waals surface area contributed by atoms with Crippen LogP contribution in [0, 0.1) is 6.92 Å². The van der Waals surface area contributed by atoms with Crippen LogP contribution in [0.4, 0.5) is 5.69 Å². The quantitative estimate of drug-likeness (QED) is 0.130. The number of aldehydes is 1. The van der Waals surface area contributed by atoms with E-state index in [4.69, 9.17) is 0 Å². The van der Waals surface area contributed by atoms with Crippen molar-refractivity contribution in [2.75, 3.05) is 31.5 Å². The van der Waals surface area contributed by atoms with Crippen molar-refractivity contribution < 1.29 is 9.90 Å². The van der Waals surface area contributed by atoms with E-state index < -0.39 is 6.23 Å². The lowest BCUT2D eigenvalue weighted by Crippen LogP contribution is -2.39. The molecule has 1 unspecified atom stereocenters. The third kappa shape index (κ3) is 8.82. The predicted octanol–water partition coefficient (Wildman–Crippen LogP) is 4.53. The molecule has 36 heavy (non-hydrogen) atoms. The number of aliphatic hydroxyl groups is 1. The highest BCUT2D eigenvalue weighted by molar-refractivity contribution is 7.09. The molecular weight excluding hydrogens is 468 g/mol. The molecular formula is C29H38N4O2S. The number of carbonyl (C=O) groups excluding carboxylic acids is 1. The summed E-state index contributed by atoms with van der Waals surface area (Å²) in [6, 6.07) is 22.3. The number of nitrogens with one attached hydrogen (secondary N) is 3. The first kappa shape index (κ1) is 27.5. The molecule has 0 bridgehead atoms. The first-order valence-corrected chi connectivity index (χ1v) is 13.4. The average molecular weight is 507 g/mol. The fourth-order valence-corrected chi connectivity index (χ4v) is 4.71. The molecule has 1 atom stereocenters. The van der Waals surface area contributed by atoms with Crippen molar-refractivity contribution in [1.82, 2.24) is 15.5 Å². The molecule has 0 aliphatic heterocycles. The molecule has 6 nitrogen and oxygen atoms in total. The van der Waals surface area contributed by atoms with E-state index in [0.29, 0.717) is 38.3 Å². The van der Waals surface area contributed by atoms with Gasteiger partial charge >= 0.3 is 0 Å². The van der Waals surface area contributed by atoms with Crippen LogP contribution in [0.25, 0.3) is 0 Å². The summed E-state index contributed by atoms with van der Waals surface area (Å²) in [6.07, 6.45) is 1.80. The molecule has 4 N–H and O–H groups in total. The predicted molar refractivity (Wildman–Crippen MR) is 150 cm³/mol. The van der Waals surface area contributed by atoms with E-state index in [1.165, 1.54) is 16.0 Å². The number of aryl methyl sites for hydroxylation is 2. The molecule has 0 saturated heterocycles. The highest BCUT2D eigenvalue weighted by atomic mass is 32.1. The van der Waals surface area contributed by atoms with Crippen molar-refractivity contribution in [3.8, 4) is 0 Å². The minimum absolute atomic E-state index is 0.513. The third-order valence-electron chi connectivity index (χ3n) is 6.17. The van der Waals surface area contributed by atoms with Gasteiger partial charge in [-0.1, -0.05) is 48.5 Å². The molecule has 0 saturated carbocycles. The Morgan fingerprint density at radius 2 is 1.86 bits per heavy atom. The molecule has 7 heteroatoms. The van der Waals surface area contributed by atoms with Gasteiger partial charge in [0.1, 0.15) is 6.23 Å². The number of thiophene rings is 1. The van der Waals surface area contributed by atoms with E-state index in [1.54, 1.807) is 11.3 Å². The highest BCUT2D eigenvalue weighted by Crippen LogP contribution is 2.14.